The van der Waals surface area contributed by atoms with Gasteiger partial charge < -0.3 is 9.47 Å². The lowest BCUT2D eigenvalue weighted by atomic mass is 9.89. The second-order valence-electron chi connectivity index (χ2n) is 11.2. The Morgan fingerprint density at radius 3 is 2.31 bits per heavy atom. The van der Waals surface area contributed by atoms with Crippen LogP contribution in [0.1, 0.15) is 48.5 Å². The van der Waals surface area contributed by atoms with Crippen LogP contribution in [-0.4, -0.2) is 22.0 Å². The fourth-order valence-corrected chi connectivity index (χ4v) is 5.89. The number of pyridine rings is 3. The number of fused-ring (bicyclic) bond motifs is 1. The summed E-state index contributed by atoms with van der Waals surface area (Å²) in [6, 6.07) is 26.1. The van der Waals surface area contributed by atoms with E-state index in [2.05, 4.69) is 24.0 Å². The maximum absolute atomic E-state index is 12.6. The van der Waals surface area contributed by atoms with Gasteiger partial charge in [0.05, 0.1) is 21.7 Å². The van der Waals surface area contributed by atoms with Gasteiger partial charge in [-0.3, -0.25) is 23.8 Å². The van der Waals surface area contributed by atoms with E-state index >= 15 is 0 Å². The van der Waals surface area contributed by atoms with Crippen LogP contribution in [0.4, 0.5) is 0 Å². The van der Waals surface area contributed by atoms with Crippen LogP contribution >= 0.6 is 11.6 Å². The van der Waals surface area contributed by atoms with Gasteiger partial charge in [-0.1, -0.05) is 48.0 Å². The van der Waals surface area contributed by atoms with Crippen LogP contribution < -0.4 is 15.0 Å². The first-order valence-corrected chi connectivity index (χ1v) is 15.4. The molecule has 0 N–H and O–H groups in total. The Morgan fingerprint density at radius 1 is 0.812 bits per heavy atom. The molecular formula is C39H28ClN3O5. The summed E-state index contributed by atoms with van der Waals surface area (Å²) in [5.74, 6) is 0.659. The molecule has 0 atom stereocenters. The second-order valence-corrected chi connectivity index (χ2v) is 11.6. The molecule has 0 amide bonds. The number of hydrogen-bond donors (Lipinski definition) is 0. The number of carbonyl (C=O) groups excluding carboxylic acids is 2. The van der Waals surface area contributed by atoms with E-state index in [-0.39, 0.29) is 34.9 Å². The zero-order valence-electron chi connectivity index (χ0n) is 26.1. The maximum atomic E-state index is 12.6. The SMILES string of the molecule is Cc1c(COc2cc(OCc3cncc(C#N)c3)c(C=O)cc2Cl)cccc1-c1cccc(-c2ccn3c(=O)c(C=O)ccc3c2)c1C. The van der Waals surface area contributed by atoms with Crippen LogP contribution in [0.5, 0.6) is 11.5 Å². The van der Waals surface area contributed by atoms with E-state index in [0.717, 1.165) is 38.9 Å². The summed E-state index contributed by atoms with van der Waals surface area (Å²) in [5, 5.41) is 9.42. The Bertz CT molecular complexity index is 2320. The maximum Gasteiger partial charge on any atom is 0.265 e. The molecule has 6 rings (SSSR count). The van der Waals surface area contributed by atoms with E-state index in [1.54, 1.807) is 36.7 Å². The zero-order valence-corrected chi connectivity index (χ0v) is 26.8. The molecule has 3 heterocycles. The average molecular weight is 654 g/mol. The minimum atomic E-state index is -0.348. The molecule has 236 valence electrons. The van der Waals surface area contributed by atoms with Crippen molar-refractivity contribution in [1.29, 1.82) is 5.26 Å². The molecule has 3 aromatic heterocycles. The molecule has 0 bridgehead atoms. The quantitative estimate of drug-likeness (QED) is 0.138. The molecule has 0 aliphatic carbocycles. The van der Waals surface area contributed by atoms with Crippen molar-refractivity contribution in [1.82, 2.24) is 9.38 Å². The molecule has 0 unspecified atom stereocenters. The number of ether oxygens (including phenoxy) is 2. The van der Waals surface area contributed by atoms with Gasteiger partial charge in [-0.25, -0.2) is 0 Å². The number of rotatable bonds is 10. The third kappa shape index (κ3) is 6.32. The lowest BCUT2D eigenvalue weighted by molar-refractivity contribution is 0.111. The third-order valence-corrected chi connectivity index (χ3v) is 8.58. The first-order valence-electron chi connectivity index (χ1n) is 15.0. The third-order valence-electron chi connectivity index (χ3n) is 8.28. The summed E-state index contributed by atoms with van der Waals surface area (Å²) in [6.07, 6.45) is 5.99. The predicted octanol–water partition coefficient (Wildman–Crippen LogP) is 7.95. The highest BCUT2D eigenvalue weighted by Gasteiger charge is 2.15. The standard InChI is InChI=1S/C39H28ClN3O5/c1-24-30(23-48-38-16-37(31(21-45)15-36(38)40)47-22-27-13-26(17-41)18-42-19-27)5-3-7-34(24)35-8-4-6-33(25(35)2)28-11-12-43-32(14-28)10-9-29(20-44)39(43)46/h3-16,18-21H,22-23H2,1-2H3. The van der Waals surface area contributed by atoms with Crippen molar-refractivity contribution in [2.24, 2.45) is 0 Å². The fraction of sp³-hybridized carbons (Fsp3) is 0.103. The van der Waals surface area contributed by atoms with E-state index in [0.29, 0.717) is 40.7 Å². The van der Waals surface area contributed by atoms with Crippen molar-refractivity contribution in [2.75, 3.05) is 0 Å². The van der Waals surface area contributed by atoms with Crippen LogP contribution in [0.25, 0.3) is 27.8 Å². The monoisotopic (exact) mass is 653 g/mol. The molecule has 48 heavy (non-hydrogen) atoms. The summed E-state index contributed by atoms with van der Waals surface area (Å²) < 4.78 is 13.6. The van der Waals surface area contributed by atoms with Gasteiger partial charge in [-0.2, -0.15) is 5.26 Å². The normalized spacial score (nSPS) is 10.8. The van der Waals surface area contributed by atoms with Gasteiger partial charge in [0.2, 0.25) is 0 Å². The van der Waals surface area contributed by atoms with Crippen molar-refractivity contribution in [3.05, 3.63) is 152 Å². The second kappa shape index (κ2) is 13.8. The van der Waals surface area contributed by atoms with E-state index in [4.69, 9.17) is 26.3 Å². The smallest absolute Gasteiger partial charge is 0.265 e. The topological polar surface area (TPSA) is 111 Å². The number of halogens is 1. The minimum absolute atomic E-state index is 0.100. The van der Waals surface area contributed by atoms with Gasteiger partial charge in [-0.15, -0.1) is 0 Å². The molecular weight excluding hydrogens is 626 g/mol. The lowest BCUT2D eigenvalue weighted by Crippen LogP contribution is -2.17. The summed E-state index contributed by atoms with van der Waals surface area (Å²) in [6.45, 7) is 4.43. The van der Waals surface area contributed by atoms with Crippen LogP contribution in [0, 0.1) is 25.2 Å². The molecule has 9 heteroatoms. The van der Waals surface area contributed by atoms with Crippen LogP contribution in [0.3, 0.4) is 0 Å². The Morgan fingerprint density at radius 2 is 1.54 bits per heavy atom. The summed E-state index contributed by atoms with van der Waals surface area (Å²) in [7, 11) is 0. The molecule has 0 saturated heterocycles. The van der Waals surface area contributed by atoms with E-state index in [1.807, 2.05) is 49.4 Å². The van der Waals surface area contributed by atoms with E-state index in [9.17, 15) is 14.4 Å². The Balaban J connectivity index is 1.26. The molecule has 0 radical (unpaired) electrons. The van der Waals surface area contributed by atoms with Crippen molar-refractivity contribution >= 4 is 29.7 Å². The molecule has 3 aromatic carbocycles. The summed E-state index contributed by atoms with van der Waals surface area (Å²) >= 11 is 6.51. The van der Waals surface area contributed by atoms with E-state index < -0.39 is 0 Å². The Hall–Kier alpha value is -6.04. The number of carbonyl (C=O) groups is 2. The fourth-order valence-electron chi connectivity index (χ4n) is 5.67. The van der Waals surface area contributed by atoms with Gasteiger partial charge in [0, 0.05) is 35.7 Å². The molecule has 0 spiro atoms. The van der Waals surface area contributed by atoms with Gasteiger partial charge in [-0.05, 0) is 89.2 Å². The van der Waals surface area contributed by atoms with Crippen LogP contribution in [0.2, 0.25) is 5.02 Å². The number of nitrogens with zero attached hydrogens (tertiary/aromatic N) is 3. The largest absolute Gasteiger partial charge is 0.488 e. The number of hydrogen-bond acceptors (Lipinski definition) is 7. The predicted molar refractivity (Wildman–Crippen MR) is 184 cm³/mol. The summed E-state index contributed by atoms with van der Waals surface area (Å²) in [4.78, 5) is 39.6. The van der Waals surface area contributed by atoms with Crippen LogP contribution in [-0.2, 0) is 13.2 Å². The molecule has 0 aliphatic rings. The highest BCUT2D eigenvalue weighted by atomic mass is 35.5. The highest BCUT2D eigenvalue weighted by Crippen LogP contribution is 2.36. The average Bonchev–Trinajstić information content (AvgIpc) is 3.11. The molecule has 0 saturated carbocycles. The number of benzene rings is 3. The minimum Gasteiger partial charge on any atom is -0.488 e. The Labute approximate surface area is 281 Å². The zero-order chi connectivity index (χ0) is 33.8. The Kier molecular flexibility index (Phi) is 9.15. The molecule has 0 aliphatic heterocycles. The molecule has 0 fully saturated rings. The summed E-state index contributed by atoms with van der Waals surface area (Å²) in [5.41, 5.74) is 8.95. The van der Waals surface area contributed by atoms with Gasteiger partial charge in [0.15, 0.2) is 12.6 Å². The number of nitriles is 1. The van der Waals surface area contributed by atoms with Gasteiger partial charge in [0.25, 0.3) is 5.56 Å². The molecule has 6 aromatic rings. The van der Waals surface area contributed by atoms with Crippen molar-refractivity contribution < 1.29 is 19.1 Å². The number of aromatic nitrogens is 2. The van der Waals surface area contributed by atoms with Crippen molar-refractivity contribution in [3.63, 3.8) is 0 Å². The van der Waals surface area contributed by atoms with Gasteiger partial charge >= 0.3 is 0 Å². The lowest BCUT2D eigenvalue weighted by Gasteiger charge is -2.17. The first kappa shape index (κ1) is 31.9. The molecule has 8 nitrogen and oxygen atoms in total. The van der Waals surface area contributed by atoms with Crippen LogP contribution in [0.15, 0.2) is 102 Å². The first-order chi connectivity index (χ1) is 23.3. The van der Waals surface area contributed by atoms with E-state index in [1.165, 1.54) is 16.7 Å². The number of aldehydes is 2. The van der Waals surface area contributed by atoms with Gasteiger partial charge in [0.1, 0.15) is 30.8 Å². The van der Waals surface area contributed by atoms with Crippen molar-refractivity contribution in [2.45, 2.75) is 27.1 Å². The highest BCUT2D eigenvalue weighted by molar-refractivity contribution is 6.32. The van der Waals surface area contributed by atoms with Crippen molar-refractivity contribution in [3.8, 4) is 39.8 Å².